The van der Waals surface area contributed by atoms with Gasteiger partial charge >= 0.3 is 6.61 Å². The number of ketones is 1. The molecule has 0 aliphatic rings. The van der Waals surface area contributed by atoms with Crippen molar-refractivity contribution in [3.05, 3.63) is 51.9 Å². The number of hydrogen-bond acceptors (Lipinski definition) is 5. The minimum Gasteiger partial charge on any atom is -0.445 e. The molecule has 0 aliphatic heterocycles. The van der Waals surface area contributed by atoms with Crippen molar-refractivity contribution >= 4 is 17.4 Å². The van der Waals surface area contributed by atoms with Crippen LogP contribution in [-0.4, -0.2) is 12.4 Å². The monoisotopic (exact) mass is 309 g/mol. The second-order valence-corrected chi connectivity index (χ2v) is 4.51. The van der Waals surface area contributed by atoms with Gasteiger partial charge in [-0.25, -0.2) is 0 Å². The van der Waals surface area contributed by atoms with Crippen LogP contribution in [0.2, 0.25) is 0 Å². The summed E-state index contributed by atoms with van der Waals surface area (Å²) in [6.07, 6.45) is 0. The molecule has 0 bridgehead atoms. The molecule has 1 heterocycles. The zero-order valence-corrected chi connectivity index (χ0v) is 11.9. The molecular weight excluding hydrogens is 296 g/mol. The van der Waals surface area contributed by atoms with E-state index in [9.17, 15) is 18.4 Å². The van der Waals surface area contributed by atoms with Crippen LogP contribution in [0.15, 0.2) is 39.5 Å². The van der Waals surface area contributed by atoms with Gasteiger partial charge in [-0.2, -0.15) is 8.78 Å². The zero-order chi connectivity index (χ0) is 16.3. The number of halogens is 2. The minimum absolute atomic E-state index is 0.00182. The summed E-state index contributed by atoms with van der Waals surface area (Å²) >= 11 is 0. The van der Waals surface area contributed by atoms with Crippen molar-refractivity contribution in [2.75, 3.05) is 5.32 Å². The summed E-state index contributed by atoms with van der Waals surface area (Å²) in [5.41, 5.74) is -0.0900. The van der Waals surface area contributed by atoms with Gasteiger partial charge < -0.3 is 14.5 Å². The molecule has 7 heteroatoms. The van der Waals surface area contributed by atoms with Crippen LogP contribution in [0, 0.1) is 6.92 Å². The van der Waals surface area contributed by atoms with Crippen LogP contribution in [0.5, 0.6) is 5.75 Å². The number of benzene rings is 1. The summed E-state index contributed by atoms with van der Waals surface area (Å²) in [6.45, 7) is -0.0690. The van der Waals surface area contributed by atoms with Gasteiger partial charge in [0, 0.05) is 11.8 Å². The number of ether oxygens (including phenoxy) is 1. The largest absolute Gasteiger partial charge is 0.445 e. The highest BCUT2D eigenvalue weighted by atomic mass is 19.3. The third kappa shape index (κ3) is 3.69. The van der Waals surface area contributed by atoms with E-state index in [1.807, 2.05) is 0 Å². The molecule has 2 aromatic rings. The quantitative estimate of drug-likeness (QED) is 0.856. The van der Waals surface area contributed by atoms with Crippen molar-refractivity contribution < 1.29 is 22.7 Å². The van der Waals surface area contributed by atoms with E-state index in [1.54, 1.807) is 6.92 Å². The summed E-state index contributed by atoms with van der Waals surface area (Å²) in [4.78, 5) is 23.4. The van der Waals surface area contributed by atoms with Gasteiger partial charge in [0.05, 0.1) is 0 Å². The summed E-state index contributed by atoms with van der Waals surface area (Å²) in [6, 6.07) is 6.81. The number of alkyl halides is 2. The first kappa shape index (κ1) is 15.7. The molecule has 22 heavy (non-hydrogen) atoms. The molecule has 0 fully saturated rings. The van der Waals surface area contributed by atoms with Gasteiger partial charge in [0.25, 0.3) is 0 Å². The normalized spacial score (nSPS) is 10.6. The summed E-state index contributed by atoms with van der Waals surface area (Å²) < 4.78 is 33.7. The van der Waals surface area contributed by atoms with Crippen molar-refractivity contribution in [3.63, 3.8) is 0 Å². The van der Waals surface area contributed by atoms with Crippen LogP contribution >= 0.6 is 0 Å². The van der Waals surface area contributed by atoms with Crippen molar-refractivity contribution in [2.24, 2.45) is 0 Å². The number of anilines is 2. The second-order valence-electron chi connectivity index (χ2n) is 4.51. The van der Waals surface area contributed by atoms with E-state index in [4.69, 9.17) is 4.42 Å². The first-order valence-electron chi connectivity index (χ1n) is 6.34. The molecule has 0 amide bonds. The molecule has 0 radical (unpaired) electrons. The highest BCUT2D eigenvalue weighted by Gasteiger charge is 2.15. The van der Waals surface area contributed by atoms with Gasteiger partial charge in [-0.3, -0.25) is 9.59 Å². The molecule has 5 nitrogen and oxygen atoms in total. The maximum absolute atomic E-state index is 12.1. The maximum atomic E-state index is 12.1. The van der Waals surface area contributed by atoms with E-state index in [1.165, 1.54) is 37.3 Å². The number of carbonyl (C=O) groups is 1. The van der Waals surface area contributed by atoms with Crippen molar-refractivity contribution in [1.29, 1.82) is 0 Å². The molecule has 116 valence electrons. The number of carbonyl (C=O) groups excluding carboxylic acids is 1. The predicted octanol–water partition coefficient (Wildman–Crippen LogP) is 3.50. The first-order valence-corrected chi connectivity index (χ1v) is 6.34. The molecule has 1 aromatic carbocycles. The Morgan fingerprint density at radius 2 is 1.91 bits per heavy atom. The summed E-state index contributed by atoms with van der Waals surface area (Å²) in [5.74, 6) is -0.0814. The van der Waals surface area contributed by atoms with Crippen LogP contribution in [0.1, 0.15) is 23.0 Å². The van der Waals surface area contributed by atoms with Gasteiger partial charge in [0.1, 0.15) is 17.1 Å². The number of aryl methyl sites for hydroxylation is 1. The zero-order valence-electron chi connectivity index (χ0n) is 11.9. The Balaban J connectivity index is 2.31. The van der Waals surface area contributed by atoms with Crippen LogP contribution in [0.25, 0.3) is 0 Å². The smallest absolute Gasteiger partial charge is 0.387 e. The lowest BCUT2D eigenvalue weighted by molar-refractivity contribution is -0.0498. The average Bonchev–Trinajstić information content (AvgIpc) is 2.39. The standard InChI is InChI=1S/C15H13F2NO4/c1-8-7-12(20)13(9(2)19)14(21-8)18-10-3-5-11(6-4-10)22-15(16)17/h3-7,15,18H,1-2H3. The highest BCUT2D eigenvalue weighted by molar-refractivity contribution is 5.98. The predicted molar refractivity (Wildman–Crippen MR) is 76.1 cm³/mol. The van der Waals surface area contributed by atoms with Gasteiger partial charge in [-0.15, -0.1) is 0 Å². The first-order chi connectivity index (χ1) is 10.4. The number of nitrogens with one attached hydrogen (secondary N) is 1. The molecule has 0 aliphatic carbocycles. The molecular formula is C15H13F2NO4. The molecule has 0 saturated carbocycles. The van der Waals surface area contributed by atoms with E-state index >= 15 is 0 Å². The van der Waals surface area contributed by atoms with Crippen molar-refractivity contribution in [2.45, 2.75) is 20.5 Å². The lowest BCUT2D eigenvalue weighted by Crippen LogP contribution is -2.15. The minimum atomic E-state index is -2.90. The van der Waals surface area contributed by atoms with Crippen LogP contribution in [0.3, 0.4) is 0 Å². The van der Waals surface area contributed by atoms with E-state index < -0.39 is 17.8 Å². The fourth-order valence-electron chi connectivity index (χ4n) is 1.88. The summed E-state index contributed by atoms with van der Waals surface area (Å²) in [5, 5.41) is 2.79. The Hall–Kier alpha value is -2.70. The van der Waals surface area contributed by atoms with E-state index in [0.717, 1.165) is 0 Å². The molecule has 0 unspecified atom stereocenters. The molecule has 2 rings (SSSR count). The topological polar surface area (TPSA) is 68.5 Å². The van der Waals surface area contributed by atoms with E-state index in [2.05, 4.69) is 10.1 Å². The Bertz CT molecular complexity index is 738. The summed E-state index contributed by atoms with van der Waals surface area (Å²) in [7, 11) is 0. The fraction of sp³-hybridized carbons (Fsp3) is 0.200. The number of Topliss-reactive ketones (excluding diaryl/α,β-unsaturated/α-hetero) is 1. The number of hydrogen-bond donors (Lipinski definition) is 1. The Morgan fingerprint density at radius 1 is 1.27 bits per heavy atom. The number of rotatable bonds is 5. The lowest BCUT2D eigenvalue weighted by Gasteiger charge is -2.10. The highest BCUT2D eigenvalue weighted by Crippen LogP contribution is 2.23. The molecule has 1 N–H and O–H groups in total. The third-order valence-corrected chi connectivity index (χ3v) is 2.76. The Kier molecular flexibility index (Phi) is 4.55. The maximum Gasteiger partial charge on any atom is 0.387 e. The van der Waals surface area contributed by atoms with Gasteiger partial charge in [0.2, 0.25) is 5.88 Å². The molecule has 0 spiro atoms. The van der Waals surface area contributed by atoms with Crippen LogP contribution in [0.4, 0.5) is 20.4 Å². The van der Waals surface area contributed by atoms with Crippen LogP contribution in [-0.2, 0) is 0 Å². The van der Waals surface area contributed by atoms with Gasteiger partial charge in [-0.1, -0.05) is 0 Å². The van der Waals surface area contributed by atoms with Crippen LogP contribution < -0.4 is 15.5 Å². The second kappa shape index (κ2) is 6.38. The fourth-order valence-corrected chi connectivity index (χ4v) is 1.88. The van der Waals surface area contributed by atoms with E-state index in [-0.39, 0.29) is 17.2 Å². The molecule has 0 saturated heterocycles. The van der Waals surface area contributed by atoms with Crippen molar-refractivity contribution in [1.82, 2.24) is 0 Å². The van der Waals surface area contributed by atoms with Crippen molar-refractivity contribution in [3.8, 4) is 5.75 Å². The third-order valence-electron chi connectivity index (χ3n) is 2.76. The SMILES string of the molecule is CC(=O)c1c(Nc2ccc(OC(F)F)cc2)oc(C)cc1=O. The Labute approximate surface area is 124 Å². The Morgan fingerprint density at radius 3 is 2.45 bits per heavy atom. The molecule has 0 atom stereocenters. The molecule has 1 aromatic heterocycles. The van der Waals surface area contributed by atoms with Gasteiger partial charge in [-0.05, 0) is 38.1 Å². The van der Waals surface area contributed by atoms with E-state index in [0.29, 0.717) is 11.4 Å². The van der Waals surface area contributed by atoms with Gasteiger partial charge in [0.15, 0.2) is 11.2 Å². The lowest BCUT2D eigenvalue weighted by atomic mass is 10.1. The average molecular weight is 309 g/mol.